The van der Waals surface area contributed by atoms with Gasteiger partial charge in [0, 0.05) is 20.1 Å². The van der Waals surface area contributed by atoms with Gasteiger partial charge in [-0.05, 0) is 17.7 Å². The quantitative estimate of drug-likeness (QED) is 0.789. The molecule has 0 aliphatic carbocycles. The highest BCUT2D eigenvalue weighted by Crippen LogP contribution is 2.08. The van der Waals surface area contributed by atoms with Gasteiger partial charge in [0.05, 0.1) is 11.4 Å². The van der Waals surface area contributed by atoms with Crippen molar-refractivity contribution in [3.8, 4) is 0 Å². The van der Waals surface area contributed by atoms with E-state index in [9.17, 15) is 8.42 Å². The van der Waals surface area contributed by atoms with Crippen LogP contribution < -0.4 is 10.5 Å². The number of guanidine groups is 1. The third kappa shape index (κ3) is 2.99. The predicted molar refractivity (Wildman–Crippen MR) is 69.6 cm³/mol. The van der Waals surface area contributed by atoms with E-state index in [0.717, 1.165) is 24.6 Å². The summed E-state index contributed by atoms with van der Waals surface area (Å²) in [5.74, 6) is 0.866. The number of hydrogen-bond donors (Lipinski definition) is 2. The van der Waals surface area contributed by atoms with Crippen molar-refractivity contribution in [3.63, 3.8) is 0 Å². The molecule has 6 nitrogen and oxygen atoms in total. The zero-order valence-electron chi connectivity index (χ0n) is 10.1. The van der Waals surface area contributed by atoms with Gasteiger partial charge in [-0.3, -0.25) is 4.99 Å². The lowest BCUT2D eigenvalue weighted by Gasteiger charge is -2.15. The van der Waals surface area contributed by atoms with Gasteiger partial charge in [-0.2, -0.15) is 0 Å². The zero-order valence-corrected chi connectivity index (χ0v) is 10.9. The minimum atomic E-state index is -3.61. The highest BCUT2D eigenvalue weighted by Gasteiger charge is 2.11. The van der Waals surface area contributed by atoms with E-state index in [4.69, 9.17) is 5.14 Å². The Bertz CT molecular complexity index is 551. The van der Waals surface area contributed by atoms with Gasteiger partial charge in [0.1, 0.15) is 0 Å². The molecule has 0 aromatic heterocycles. The van der Waals surface area contributed by atoms with E-state index in [-0.39, 0.29) is 4.90 Å². The van der Waals surface area contributed by atoms with E-state index in [1.54, 1.807) is 12.1 Å². The van der Waals surface area contributed by atoms with Gasteiger partial charge in [-0.1, -0.05) is 12.1 Å². The first-order valence-electron chi connectivity index (χ1n) is 5.58. The number of nitrogens with one attached hydrogen (secondary N) is 1. The highest BCUT2D eigenvalue weighted by molar-refractivity contribution is 7.89. The number of hydrogen-bond acceptors (Lipinski definition) is 5. The molecule has 98 valence electrons. The van der Waals surface area contributed by atoms with Gasteiger partial charge in [0.2, 0.25) is 10.0 Å². The summed E-state index contributed by atoms with van der Waals surface area (Å²) in [5.41, 5.74) is 0.977. The molecule has 3 N–H and O–H groups in total. The molecule has 1 aromatic rings. The maximum atomic E-state index is 11.1. The van der Waals surface area contributed by atoms with Gasteiger partial charge < -0.3 is 10.2 Å². The Balaban J connectivity index is 1.99. The fraction of sp³-hybridized carbons (Fsp3) is 0.364. The molecular weight excluding hydrogens is 252 g/mol. The van der Waals surface area contributed by atoms with Crippen LogP contribution in [-0.2, 0) is 16.6 Å². The van der Waals surface area contributed by atoms with Gasteiger partial charge in [0.25, 0.3) is 0 Å². The molecule has 0 atom stereocenters. The molecule has 0 amide bonds. The summed E-state index contributed by atoms with van der Waals surface area (Å²) in [6.45, 7) is 2.34. The molecule has 7 heteroatoms. The number of likely N-dealkylation sites (N-methyl/N-ethyl adjacent to an activating group) is 1. The van der Waals surface area contributed by atoms with Crippen LogP contribution in [0, 0.1) is 0 Å². The third-order valence-electron chi connectivity index (χ3n) is 2.76. The van der Waals surface area contributed by atoms with Crippen molar-refractivity contribution in [2.24, 2.45) is 10.1 Å². The Labute approximate surface area is 107 Å². The number of primary sulfonamides is 1. The van der Waals surface area contributed by atoms with Crippen molar-refractivity contribution in [2.45, 2.75) is 11.4 Å². The molecule has 0 unspecified atom stereocenters. The summed E-state index contributed by atoms with van der Waals surface area (Å²) in [5, 5.41) is 8.23. The van der Waals surface area contributed by atoms with Crippen molar-refractivity contribution in [1.82, 2.24) is 10.2 Å². The van der Waals surface area contributed by atoms with Crippen LogP contribution in [0.4, 0.5) is 0 Å². The fourth-order valence-corrected chi connectivity index (χ4v) is 2.22. The Morgan fingerprint density at radius 1 is 1.39 bits per heavy atom. The number of nitrogens with two attached hydrogens (primary N) is 1. The Kier molecular flexibility index (Phi) is 3.53. The Morgan fingerprint density at radius 3 is 2.56 bits per heavy atom. The maximum absolute atomic E-state index is 11.1. The van der Waals surface area contributed by atoms with Gasteiger partial charge >= 0.3 is 0 Å². The lowest BCUT2D eigenvalue weighted by atomic mass is 10.2. The van der Waals surface area contributed by atoms with E-state index < -0.39 is 10.0 Å². The van der Waals surface area contributed by atoms with Gasteiger partial charge in [-0.15, -0.1) is 0 Å². The summed E-state index contributed by atoms with van der Waals surface area (Å²) in [7, 11) is -1.64. The minimum absolute atomic E-state index is 0.126. The van der Waals surface area contributed by atoms with E-state index in [2.05, 4.69) is 10.3 Å². The molecule has 1 aliphatic heterocycles. The molecule has 0 saturated heterocycles. The van der Waals surface area contributed by atoms with Crippen LogP contribution >= 0.6 is 0 Å². The van der Waals surface area contributed by atoms with Gasteiger partial charge in [0.15, 0.2) is 5.96 Å². The summed E-state index contributed by atoms with van der Waals surface area (Å²) < 4.78 is 22.2. The molecule has 1 aliphatic rings. The van der Waals surface area contributed by atoms with Gasteiger partial charge in [-0.25, -0.2) is 13.6 Å². The first-order valence-corrected chi connectivity index (χ1v) is 7.12. The molecule has 1 heterocycles. The second kappa shape index (κ2) is 4.95. The van der Waals surface area contributed by atoms with Crippen LogP contribution in [-0.4, -0.2) is 39.4 Å². The second-order valence-electron chi connectivity index (χ2n) is 4.17. The van der Waals surface area contributed by atoms with Crippen molar-refractivity contribution >= 4 is 16.0 Å². The van der Waals surface area contributed by atoms with Crippen LogP contribution in [0.2, 0.25) is 0 Å². The minimum Gasteiger partial charge on any atom is -0.352 e. The number of nitrogens with zero attached hydrogens (tertiary/aromatic N) is 2. The number of benzene rings is 1. The summed E-state index contributed by atoms with van der Waals surface area (Å²) >= 11 is 0. The fourth-order valence-electron chi connectivity index (χ4n) is 1.70. The average molecular weight is 268 g/mol. The smallest absolute Gasteiger partial charge is 0.238 e. The normalized spacial score (nSPS) is 15.7. The van der Waals surface area contributed by atoms with E-state index in [0.29, 0.717) is 6.54 Å². The molecule has 0 spiro atoms. The number of sulfonamides is 1. The lowest BCUT2D eigenvalue weighted by molar-refractivity contribution is 0.534. The second-order valence-corrected chi connectivity index (χ2v) is 5.73. The lowest BCUT2D eigenvalue weighted by Crippen LogP contribution is -2.35. The van der Waals surface area contributed by atoms with Crippen LogP contribution in [0.1, 0.15) is 5.56 Å². The molecular formula is C11H16N4O2S. The summed E-state index contributed by atoms with van der Waals surface area (Å²) in [6.07, 6.45) is 0. The first kappa shape index (κ1) is 12.8. The summed E-state index contributed by atoms with van der Waals surface area (Å²) in [6, 6.07) is 6.49. The monoisotopic (exact) mass is 268 g/mol. The standard InChI is InChI=1S/C11H16N4O2S/c1-15-7-6-13-11(15)14-8-9-2-4-10(5-3-9)18(12,16)17/h2-5H,6-8H2,1H3,(H,13,14)(H2,12,16,17). The summed E-state index contributed by atoms with van der Waals surface area (Å²) in [4.78, 5) is 6.47. The molecule has 0 saturated carbocycles. The Hall–Kier alpha value is -1.60. The topological polar surface area (TPSA) is 87.8 Å². The van der Waals surface area contributed by atoms with Crippen molar-refractivity contribution < 1.29 is 8.42 Å². The SMILES string of the molecule is CN1CCN=C1NCc1ccc(S(N)(=O)=O)cc1. The average Bonchev–Trinajstić information content (AvgIpc) is 2.72. The first-order chi connectivity index (χ1) is 8.47. The number of rotatable bonds is 3. The van der Waals surface area contributed by atoms with Crippen LogP contribution in [0.25, 0.3) is 0 Å². The van der Waals surface area contributed by atoms with Crippen molar-refractivity contribution in [2.75, 3.05) is 20.1 Å². The van der Waals surface area contributed by atoms with E-state index in [1.807, 2.05) is 11.9 Å². The zero-order chi connectivity index (χ0) is 13.2. The molecule has 2 rings (SSSR count). The maximum Gasteiger partial charge on any atom is 0.238 e. The van der Waals surface area contributed by atoms with Crippen molar-refractivity contribution in [1.29, 1.82) is 0 Å². The molecule has 0 fully saturated rings. The van der Waals surface area contributed by atoms with E-state index >= 15 is 0 Å². The highest BCUT2D eigenvalue weighted by atomic mass is 32.2. The largest absolute Gasteiger partial charge is 0.352 e. The third-order valence-corrected chi connectivity index (χ3v) is 3.69. The van der Waals surface area contributed by atoms with Crippen LogP contribution in [0.3, 0.4) is 0 Å². The van der Waals surface area contributed by atoms with Crippen molar-refractivity contribution in [3.05, 3.63) is 29.8 Å². The van der Waals surface area contributed by atoms with E-state index in [1.165, 1.54) is 12.1 Å². The molecule has 18 heavy (non-hydrogen) atoms. The van der Waals surface area contributed by atoms with Crippen LogP contribution in [0.15, 0.2) is 34.2 Å². The predicted octanol–water partition coefficient (Wildman–Crippen LogP) is -0.275. The molecule has 1 aromatic carbocycles. The molecule has 0 radical (unpaired) electrons. The van der Waals surface area contributed by atoms with Crippen LogP contribution in [0.5, 0.6) is 0 Å². The molecule has 0 bridgehead atoms. The Morgan fingerprint density at radius 2 is 2.06 bits per heavy atom. The number of aliphatic imine (C=N–C) groups is 1.